The highest BCUT2D eigenvalue weighted by molar-refractivity contribution is 7.15. The molecular weight excluding hydrogens is 405 g/mol. The van der Waals surface area contributed by atoms with Crippen molar-refractivity contribution in [1.29, 1.82) is 0 Å². The first-order valence-corrected chi connectivity index (χ1v) is 10.5. The van der Waals surface area contributed by atoms with Gasteiger partial charge in [0.05, 0.1) is 12.3 Å². The SMILES string of the molecule is COCCN(CCc1csc2nc(-c3ccc(Cl)cc3)cn12)C(=O)CCCl. The molecule has 0 unspecified atom stereocenters. The summed E-state index contributed by atoms with van der Waals surface area (Å²) in [4.78, 5) is 19.7. The summed E-state index contributed by atoms with van der Waals surface area (Å²) in [5.74, 6) is 0.387. The zero-order valence-electron chi connectivity index (χ0n) is 15.0. The van der Waals surface area contributed by atoms with E-state index in [9.17, 15) is 4.79 Å². The lowest BCUT2D eigenvalue weighted by Gasteiger charge is -2.22. The average molecular weight is 426 g/mol. The molecule has 3 aromatic rings. The highest BCUT2D eigenvalue weighted by atomic mass is 35.5. The summed E-state index contributed by atoms with van der Waals surface area (Å²) >= 11 is 13.3. The molecule has 0 N–H and O–H groups in total. The van der Waals surface area contributed by atoms with Gasteiger partial charge in [-0.25, -0.2) is 4.98 Å². The number of halogens is 2. The van der Waals surface area contributed by atoms with Crippen LogP contribution in [-0.2, 0) is 16.0 Å². The summed E-state index contributed by atoms with van der Waals surface area (Å²) < 4.78 is 7.21. The largest absolute Gasteiger partial charge is 0.383 e. The molecule has 8 heteroatoms. The van der Waals surface area contributed by atoms with E-state index in [-0.39, 0.29) is 5.91 Å². The third-order valence-electron chi connectivity index (χ3n) is 4.29. The van der Waals surface area contributed by atoms with Gasteiger partial charge in [-0.15, -0.1) is 22.9 Å². The van der Waals surface area contributed by atoms with Gasteiger partial charge in [0, 0.05) is 66.8 Å². The number of alkyl halides is 1. The number of methoxy groups -OCH3 is 1. The second kappa shape index (κ2) is 9.55. The van der Waals surface area contributed by atoms with Crippen LogP contribution < -0.4 is 0 Å². The molecule has 1 amide bonds. The monoisotopic (exact) mass is 425 g/mol. The first kappa shape index (κ1) is 20.1. The quantitative estimate of drug-likeness (QED) is 0.478. The van der Waals surface area contributed by atoms with Crippen molar-refractivity contribution in [3.8, 4) is 11.3 Å². The maximum Gasteiger partial charge on any atom is 0.223 e. The number of ether oxygens (including phenoxy) is 1. The van der Waals surface area contributed by atoms with E-state index in [2.05, 4.69) is 9.78 Å². The van der Waals surface area contributed by atoms with Gasteiger partial charge in [0.15, 0.2) is 4.96 Å². The van der Waals surface area contributed by atoms with Crippen molar-refractivity contribution in [2.75, 3.05) is 32.7 Å². The Hall–Kier alpha value is -1.60. The molecule has 0 saturated carbocycles. The molecule has 2 heterocycles. The summed E-state index contributed by atoms with van der Waals surface area (Å²) in [6, 6.07) is 7.65. The Labute approximate surface area is 172 Å². The second-order valence-corrected chi connectivity index (χ2v) is 7.73. The van der Waals surface area contributed by atoms with Gasteiger partial charge in [-0.05, 0) is 12.1 Å². The molecule has 2 aromatic heterocycles. The minimum atomic E-state index is 0.0565. The summed E-state index contributed by atoms with van der Waals surface area (Å²) in [6.07, 6.45) is 3.12. The van der Waals surface area contributed by atoms with Crippen LogP contribution in [0.15, 0.2) is 35.8 Å². The Morgan fingerprint density at radius 3 is 2.78 bits per heavy atom. The van der Waals surface area contributed by atoms with Crippen LogP contribution in [0.25, 0.3) is 16.2 Å². The first-order valence-electron chi connectivity index (χ1n) is 8.66. The van der Waals surface area contributed by atoms with Crippen molar-refractivity contribution in [3.05, 3.63) is 46.6 Å². The van der Waals surface area contributed by atoms with Crippen molar-refractivity contribution in [3.63, 3.8) is 0 Å². The van der Waals surface area contributed by atoms with Crippen LogP contribution in [-0.4, -0.2) is 52.9 Å². The number of fused-ring (bicyclic) bond motifs is 1. The van der Waals surface area contributed by atoms with Gasteiger partial charge in [-0.1, -0.05) is 23.7 Å². The molecule has 144 valence electrons. The topological polar surface area (TPSA) is 46.8 Å². The number of rotatable bonds is 9. The molecule has 0 aliphatic rings. The minimum Gasteiger partial charge on any atom is -0.383 e. The van der Waals surface area contributed by atoms with E-state index >= 15 is 0 Å². The number of amides is 1. The van der Waals surface area contributed by atoms with E-state index in [0.717, 1.165) is 28.3 Å². The van der Waals surface area contributed by atoms with Gasteiger partial charge in [0.1, 0.15) is 0 Å². The fraction of sp³-hybridized carbons (Fsp3) is 0.368. The third kappa shape index (κ3) is 5.02. The van der Waals surface area contributed by atoms with Gasteiger partial charge < -0.3 is 9.64 Å². The number of nitrogens with zero attached hydrogens (tertiary/aromatic N) is 3. The molecule has 3 rings (SSSR count). The summed E-state index contributed by atoms with van der Waals surface area (Å²) in [7, 11) is 1.64. The van der Waals surface area contributed by atoms with Crippen molar-refractivity contribution in [1.82, 2.24) is 14.3 Å². The standard InChI is InChI=1S/C19H21Cl2N3O2S/c1-26-11-10-23(18(25)6-8-20)9-7-16-13-27-19-22-17(12-24(16)19)14-2-4-15(21)5-3-14/h2-5,12-13H,6-11H2,1H3. The lowest BCUT2D eigenvalue weighted by molar-refractivity contribution is -0.131. The highest BCUT2D eigenvalue weighted by Gasteiger charge is 2.15. The van der Waals surface area contributed by atoms with E-state index in [0.29, 0.717) is 37.0 Å². The number of carbonyl (C=O) groups is 1. The number of carbonyl (C=O) groups excluding carboxylic acids is 1. The number of imidazole rings is 1. The lowest BCUT2D eigenvalue weighted by Crippen LogP contribution is -2.35. The van der Waals surface area contributed by atoms with Gasteiger partial charge >= 0.3 is 0 Å². The van der Waals surface area contributed by atoms with Crippen LogP contribution in [0.5, 0.6) is 0 Å². The number of benzene rings is 1. The van der Waals surface area contributed by atoms with Gasteiger partial charge in [0.2, 0.25) is 5.91 Å². The Morgan fingerprint density at radius 1 is 1.30 bits per heavy atom. The zero-order valence-corrected chi connectivity index (χ0v) is 17.4. The Balaban J connectivity index is 1.74. The Morgan fingerprint density at radius 2 is 2.07 bits per heavy atom. The number of hydrogen-bond donors (Lipinski definition) is 0. The first-order chi connectivity index (χ1) is 13.1. The predicted molar refractivity (Wildman–Crippen MR) is 111 cm³/mol. The van der Waals surface area contributed by atoms with Gasteiger partial charge in [-0.3, -0.25) is 9.20 Å². The van der Waals surface area contributed by atoms with Gasteiger partial charge in [0.25, 0.3) is 0 Å². The zero-order chi connectivity index (χ0) is 19.2. The van der Waals surface area contributed by atoms with E-state index in [1.807, 2.05) is 35.4 Å². The van der Waals surface area contributed by atoms with Crippen LogP contribution in [0, 0.1) is 0 Å². The number of hydrogen-bond acceptors (Lipinski definition) is 4. The third-order valence-corrected chi connectivity index (χ3v) is 5.62. The van der Waals surface area contributed by atoms with Crippen molar-refractivity contribution in [2.45, 2.75) is 12.8 Å². The fourth-order valence-corrected chi connectivity index (χ4v) is 4.02. The van der Waals surface area contributed by atoms with E-state index < -0.39 is 0 Å². The average Bonchev–Trinajstić information content (AvgIpc) is 3.24. The maximum atomic E-state index is 12.2. The normalized spacial score (nSPS) is 11.2. The van der Waals surface area contributed by atoms with Crippen molar-refractivity contribution in [2.24, 2.45) is 0 Å². The number of thiazole rings is 1. The Bertz CT molecular complexity index is 892. The smallest absolute Gasteiger partial charge is 0.223 e. The van der Waals surface area contributed by atoms with Crippen molar-refractivity contribution < 1.29 is 9.53 Å². The predicted octanol–water partition coefficient (Wildman–Crippen LogP) is 4.36. The molecule has 0 bridgehead atoms. The highest BCUT2D eigenvalue weighted by Crippen LogP contribution is 2.25. The van der Waals surface area contributed by atoms with Crippen LogP contribution in [0.2, 0.25) is 5.02 Å². The summed E-state index contributed by atoms with van der Waals surface area (Å²) in [5, 5.41) is 2.80. The molecule has 0 aliphatic carbocycles. The molecule has 0 spiro atoms. The minimum absolute atomic E-state index is 0.0565. The van der Waals surface area contributed by atoms with E-state index in [1.54, 1.807) is 18.4 Å². The van der Waals surface area contributed by atoms with Crippen LogP contribution in [0.3, 0.4) is 0 Å². The van der Waals surface area contributed by atoms with Gasteiger partial charge in [-0.2, -0.15) is 0 Å². The second-order valence-electron chi connectivity index (χ2n) is 6.08. The maximum absolute atomic E-state index is 12.2. The molecular formula is C19H21Cl2N3O2S. The molecule has 0 saturated heterocycles. The van der Waals surface area contributed by atoms with Crippen LogP contribution in [0.4, 0.5) is 0 Å². The fourth-order valence-electron chi connectivity index (χ4n) is 2.82. The van der Waals surface area contributed by atoms with E-state index in [4.69, 9.17) is 32.9 Å². The van der Waals surface area contributed by atoms with Crippen LogP contribution >= 0.6 is 34.5 Å². The summed E-state index contributed by atoms with van der Waals surface area (Å²) in [6.45, 7) is 1.71. The molecule has 1 aromatic carbocycles. The Kier molecular flexibility index (Phi) is 7.13. The molecule has 27 heavy (non-hydrogen) atoms. The molecule has 0 fully saturated rings. The lowest BCUT2D eigenvalue weighted by atomic mass is 10.2. The number of aromatic nitrogens is 2. The van der Waals surface area contributed by atoms with Crippen LogP contribution in [0.1, 0.15) is 12.1 Å². The van der Waals surface area contributed by atoms with E-state index in [1.165, 1.54) is 0 Å². The molecule has 5 nitrogen and oxygen atoms in total. The molecule has 0 radical (unpaired) electrons. The molecule has 0 atom stereocenters. The summed E-state index contributed by atoms with van der Waals surface area (Å²) in [5.41, 5.74) is 3.07. The molecule has 0 aliphatic heterocycles. The van der Waals surface area contributed by atoms with Crippen molar-refractivity contribution >= 4 is 45.4 Å².